The maximum Gasteiger partial charge on any atom is 0.349 e. The first kappa shape index (κ1) is 24.4. The fourth-order valence-electron chi connectivity index (χ4n) is 3.89. The topological polar surface area (TPSA) is 104 Å². The van der Waals surface area contributed by atoms with Crippen molar-refractivity contribution >= 4 is 5.97 Å². The van der Waals surface area contributed by atoms with Crippen LogP contribution in [0, 0.1) is 25.2 Å². The summed E-state index contributed by atoms with van der Waals surface area (Å²) in [6.45, 7) is 7.75. The van der Waals surface area contributed by atoms with E-state index in [0.717, 1.165) is 16.7 Å². The predicted octanol–water partition coefficient (Wildman–Crippen LogP) is 5.07. The van der Waals surface area contributed by atoms with Gasteiger partial charge in [-0.15, -0.1) is 0 Å². The van der Waals surface area contributed by atoms with Crippen LogP contribution in [0.3, 0.4) is 0 Å². The van der Waals surface area contributed by atoms with Crippen molar-refractivity contribution < 1.29 is 23.7 Å². The number of carbonyl (C=O) groups excluding carboxylic acids is 1. The first-order valence-electron chi connectivity index (χ1n) is 11.4. The van der Waals surface area contributed by atoms with Gasteiger partial charge in [-0.05, 0) is 60.9 Å². The summed E-state index contributed by atoms with van der Waals surface area (Å²) in [6, 6.07) is 20.2. The van der Waals surface area contributed by atoms with E-state index >= 15 is 0 Å². The van der Waals surface area contributed by atoms with Crippen LogP contribution in [0.2, 0.25) is 0 Å². The van der Waals surface area contributed by atoms with E-state index in [9.17, 15) is 10.1 Å². The van der Waals surface area contributed by atoms with Crippen LogP contribution < -0.4 is 24.7 Å². The Labute approximate surface area is 210 Å². The van der Waals surface area contributed by atoms with Crippen molar-refractivity contribution in [2.75, 3.05) is 13.2 Å². The van der Waals surface area contributed by atoms with Crippen LogP contribution in [0.25, 0.3) is 0 Å². The average Bonchev–Trinajstić information content (AvgIpc) is 2.87. The van der Waals surface area contributed by atoms with Crippen molar-refractivity contribution in [2.45, 2.75) is 19.8 Å². The normalized spacial score (nSPS) is 14.2. The molecular weight excluding hydrogens is 456 g/mol. The molecule has 0 saturated carbocycles. The smallest absolute Gasteiger partial charge is 0.349 e. The van der Waals surface area contributed by atoms with Gasteiger partial charge in [0.25, 0.3) is 0 Å². The fourth-order valence-corrected chi connectivity index (χ4v) is 3.89. The van der Waals surface area contributed by atoms with Gasteiger partial charge in [0, 0.05) is 11.6 Å². The van der Waals surface area contributed by atoms with E-state index in [2.05, 4.69) is 12.6 Å². The van der Waals surface area contributed by atoms with E-state index in [4.69, 9.17) is 24.7 Å². The molecule has 0 bridgehead atoms. The van der Waals surface area contributed by atoms with Crippen LogP contribution in [0.4, 0.5) is 0 Å². The highest BCUT2D eigenvalue weighted by atomic mass is 16.6. The Hall–Kier alpha value is -4.70. The largest absolute Gasteiger partial charge is 0.490 e. The number of aryl methyl sites for hydroxylation is 2. The minimum Gasteiger partial charge on any atom is -0.490 e. The van der Waals surface area contributed by atoms with Crippen LogP contribution in [0.5, 0.6) is 23.0 Å². The Balaban J connectivity index is 1.54. The minimum atomic E-state index is -0.561. The molecule has 0 aromatic heterocycles. The number of rotatable bonds is 8. The molecule has 1 aliphatic heterocycles. The van der Waals surface area contributed by atoms with Crippen molar-refractivity contribution in [3.8, 4) is 29.1 Å². The van der Waals surface area contributed by atoms with Gasteiger partial charge in [0.2, 0.25) is 5.88 Å². The second kappa shape index (κ2) is 10.7. The lowest BCUT2D eigenvalue weighted by Crippen LogP contribution is -2.21. The van der Waals surface area contributed by atoms with Gasteiger partial charge in [-0.25, -0.2) is 4.79 Å². The molecule has 2 N–H and O–H groups in total. The molecule has 1 heterocycles. The Morgan fingerprint density at radius 1 is 1.06 bits per heavy atom. The molecule has 3 aromatic rings. The molecule has 0 aliphatic carbocycles. The first-order valence-corrected chi connectivity index (χ1v) is 11.4. The minimum absolute atomic E-state index is 0.00559. The molecule has 7 nitrogen and oxygen atoms in total. The standard InChI is InChI=1S/C29H26N2O5/c1-4-12-33-21-7-5-6-20(14-21)28-24-11-10-23(15-26(24)36-29(31)25(28)16-30)35-27(32)17-34-22-9-8-18(2)19(3)13-22/h4-11,13-15,28H,1,12,17,31H2,2-3H3. The van der Waals surface area contributed by atoms with Crippen molar-refractivity contribution in [2.24, 2.45) is 5.73 Å². The molecule has 1 unspecified atom stereocenters. The molecule has 1 atom stereocenters. The number of allylic oxidation sites excluding steroid dienone is 1. The van der Waals surface area contributed by atoms with E-state index in [1.54, 1.807) is 24.3 Å². The van der Waals surface area contributed by atoms with Gasteiger partial charge in [0.1, 0.15) is 41.2 Å². The fraction of sp³-hybridized carbons (Fsp3) is 0.172. The second-order valence-corrected chi connectivity index (χ2v) is 8.31. The number of esters is 1. The molecule has 0 fully saturated rings. The maximum absolute atomic E-state index is 12.4. The van der Waals surface area contributed by atoms with Crippen LogP contribution in [-0.4, -0.2) is 19.2 Å². The number of nitrogens with two attached hydrogens (primary N) is 1. The molecule has 0 spiro atoms. The maximum atomic E-state index is 12.4. The molecule has 182 valence electrons. The molecule has 36 heavy (non-hydrogen) atoms. The summed E-state index contributed by atoms with van der Waals surface area (Å²) in [5, 5.41) is 9.79. The van der Waals surface area contributed by atoms with E-state index < -0.39 is 11.9 Å². The van der Waals surface area contributed by atoms with E-state index in [0.29, 0.717) is 29.4 Å². The molecule has 0 amide bonds. The molecule has 0 saturated heterocycles. The highest BCUT2D eigenvalue weighted by molar-refractivity contribution is 5.74. The monoisotopic (exact) mass is 482 g/mol. The third-order valence-electron chi connectivity index (χ3n) is 5.82. The number of carbonyl (C=O) groups is 1. The lowest BCUT2D eigenvalue weighted by molar-refractivity contribution is -0.136. The SMILES string of the molecule is C=CCOc1cccc(C2C(C#N)=C(N)Oc3cc(OC(=O)COc4ccc(C)c(C)c4)ccc32)c1. The van der Waals surface area contributed by atoms with Gasteiger partial charge >= 0.3 is 5.97 Å². The zero-order valence-electron chi connectivity index (χ0n) is 20.1. The van der Waals surface area contributed by atoms with E-state index in [-0.39, 0.29) is 23.8 Å². The molecule has 7 heteroatoms. The van der Waals surface area contributed by atoms with Gasteiger partial charge in [0.15, 0.2) is 6.61 Å². The Bertz CT molecular complexity index is 1390. The third kappa shape index (κ3) is 5.34. The van der Waals surface area contributed by atoms with Crippen LogP contribution in [-0.2, 0) is 4.79 Å². The molecular formula is C29H26N2O5. The lowest BCUT2D eigenvalue weighted by atomic mass is 9.83. The lowest BCUT2D eigenvalue weighted by Gasteiger charge is -2.27. The van der Waals surface area contributed by atoms with Gasteiger partial charge in [-0.1, -0.05) is 36.9 Å². The zero-order chi connectivity index (χ0) is 25.7. The summed E-state index contributed by atoms with van der Waals surface area (Å²) >= 11 is 0. The van der Waals surface area contributed by atoms with Crippen LogP contribution in [0.15, 0.2) is 84.8 Å². The Morgan fingerprint density at radius 3 is 2.58 bits per heavy atom. The number of nitrogens with zero attached hydrogens (tertiary/aromatic N) is 1. The summed E-state index contributed by atoms with van der Waals surface area (Å²) < 4.78 is 22.4. The van der Waals surface area contributed by atoms with Gasteiger partial charge < -0.3 is 24.7 Å². The number of hydrogen-bond acceptors (Lipinski definition) is 7. The highest BCUT2D eigenvalue weighted by Gasteiger charge is 2.31. The molecule has 1 aliphatic rings. The molecule has 4 rings (SSSR count). The summed E-state index contributed by atoms with van der Waals surface area (Å²) in [7, 11) is 0. The van der Waals surface area contributed by atoms with Gasteiger partial charge in [-0.2, -0.15) is 5.26 Å². The van der Waals surface area contributed by atoms with Crippen molar-refractivity contribution in [1.29, 1.82) is 5.26 Å². The Morgan fingerprint density at radius 2 is 1.83 bits per heavy atom. The number of fused-ring (bicyclic) bond motifs is 1. The number of ether oxygens (including phenoxy) is 4. The second-order valence-electron chi connectivity index (χ2n) is 8.31. The average molecular weight is 483 g/mol. The van der Waals surface area contributed by atoms with Crippen molar-refractivity contribution in [1.82, 2.24) is 0 Å². The number of nitriles is 1. The van der Waals surface area contributed by atoms with Crippen LogP contribution in [0.1, 0.15) is 28.2 Å². The van der Waals surface area contributed by atoms with E-state index in [1.165, 1.54) is 0 Å². The summed E-state index contributed by atoms with van der Waals surface area (Å²) in [5.74, 6) is 0.872. The van der Waals surface area contributed by atoms with E-state index in [1.807, 2.05) is 56.3 Å². The molecule has 0 radical (unpaired) electrons. The quantitative estimate of drug-likeness (QED) is 0.272. The summed E-state index contributed by atoms with van der Waals surface area (Å²) in [5.41, 5.74) is 10.1. The third-order valence-corrected chi connectivity index (χ3v) is 5.82. The Kier molecular flexibility index (Phi) is 7.26. The van der Waals surface area contributed by atoms with Gasteiger partial charge in [-0.3, -0.25) is 0 Å². The summed E-state index contributed by atoms with van der Waals surface area (Å²) in [6.07, 6.45) is 1.66. The predicted molar refractivity (Wildman–Crippen MR) is 135 cm³/mol. The number of benzene rings is 3. The summed E-state index contributed by atoms with van der Waals surface area (Å²) in [4.78, 5) is 12.4. The van der Waals surface area contributed by atoms with Crippen molar-refractivity contribution in [3.63, 3.8) is 0 Å². The molecule has 3 aromatic carbocycles. The van der Waals surface area contributed by atoms with Gasteiger partial charge in [0.05, 0.1) is 5.92 Å². The highest BCUT2D eigenvalue weighted by Crippen LogP contribution is 2.44. The number of hydrogen-bond donors (Lipinski definition) is 1. The first-order chi connectivity index (χ1) is 17.4. The zero-order valence-corrected chi connectivity index (χ0v) is 20.1. The van der Waals surface area contributed by atoms with Crippen LogP contribution >= 0.6 is 0 Å². The van der Waals surface area contributed by atoms with Crippen molar-refractivity contribution in [3.05, 3.63) is 107 Å².